The Morgan fingerprint density at radius 1 is 1.00 bits per heavy atom. The average Bonchev–Trinajstić information content (AvgIpc) is 2.52. The average molecular weight is 373 g/mol. The number of ketones is 1. The second-order valence-electron chi connectivity index (χ2n) is 8.11. The molecule has 0 fully saturated rings. The van der Waals surface area contributed by atoms with Crippen LogP contribution in [-0.4, -0.2) is 59.5 Å². The lowest BCUT2D eigenvalue weighted by molar-refractivity contribution is -0.137. The fourth-order valence-corrected chi connectivity index (χ4v) is 2.77. The molecule has 26 heavy (non-hydrogen) atoms. The van der Waals surface area contributed by atoms with Crippen molar-refractivity contribution in [1.29, 1.82) is 0 Å². The molecule has 152 valence electrons. The molecule has 0 aromatic heterocycles. The van der Waals surface area contributed by atoms with Crippen molar-refractivity contribution in [2.24, 2.45) is 5.73 Å². The number of carboxylic acids is 1. The Labute approximate surface area is 156 Å². The summed E-state index contributed by atoms with van der Waals surface area (Å²) >= 11 is 0. The summed E-state index contributed by atoms with van der Waals surface area (Å²) in [4.78, 5) is 36.2. The zero-order chi connectivity index (χ0) is 20.5. The Morgan fingerprint density at radius 3 is 2.00 bits per heavy atom. The lowest BCUT2D eigenvalue weighted by Gasteiger charge is -2.36. The summed E-state index contributed by atoms with van der Waals surface area (Å²) in [6.45, 7) is 9.64. The van der Waals surface area contributed by atoms with Gasteiger partial charge in [-0.15, -0.1) is 0 Å². The topological polar surface area (TPSA) is 134 Å². The molecule has 0 aliphatic carbocycles. The van der Waals surface area contributed by atoms with E-state index in [9.17, 15) is 14.4 Å². The summed E-state index contributed by atoms with van der Waals surface area (Å²) in [6, 6.07) is -1.18. The maximum atomic E-state index is 13.1. The van der Waals surface area contributed by atoms with Crippen LogP contribution < -0.4 is 21.7 Å². The molecule has 0 saturated carbocycles. The highest BCUT2D eigenvalue weighted by Gasteiger charge is 2.37. The standard InChI is InChI=1S/C18H36N4O4/c1-17(2,3)21-12(9-10-14(23)24)15(25)18(4,5)22-13(8-7-11-19)16(26)20-6/h12-13,21-22H,7-11,19H2,1-6H3,(H,20,26)(H,23,24). The summed E-state index contributed by atoms with van der Waals surface area (Å²) in [5.74, 6) is -1.32. The van der Waals surface area contributed by atoms with Crippen molar-refractivity contribution in [2.45, 2.75) is 83.5 Å². The Balaban J connectivity index is 5.33. The van der Waals surface area contributed by atoms with Crippen LogP contribution >= 0.6 is 0 Å². The number of amides is 1. The van der Waals surface area contributed by atoms with Crippen LogP contribution in [0.15, 0.2) is 0 Å². The van der Waals surface area contributed by atoms with Gasteiger partial charge < -0.3 is 21.5 Å². The number of nitrogens with one attached hydrogen (secondary N) is 3. The first-order valence-electron chi connectivity index (χ1n) is 9.07. The van der Waals surface area contributed by atoms with E-state index in [4.69, 9.17) is 10.8 Å². The molecule has 0 aliphatic rings. The monoisotopic (exact) mass is 372 g/mol. The molecular weight excluding hydrogens is 336 g/mol. The number of carbonyl (C=O) groups excluding carboxylic acids is 2. The molecule has 8 heteroatoms. The molecule has 0 radical (unpaired) electrons. The second kappa shape index (κ2) is 10.6. The molecule has 0 saturated heterocycles. The van der Waals surface area contributed by atoms with Crippen LogP contribution in [0.25, 0.3) is 0 Å². The van der Waals surface area contributed by atoms with Gasteiger partial charge in [0, 0.05) is 19.0 Å². The van der Waals surface area contributed by atoms with Gasteiger partial charge in [0.15, 0.2) is 5.78 Å². The van der Waals surface area contributed by atoms with Crippen molar-refractivity contribution >= 4 is 17.7 Å². The van der Waals surface area contributed by atoms with Crippen LogP contribution in [0.1, 0.15) is 60.3 Å². The lowest BCUT2D eigenvalue weighted by atomic mass is 9.88. The van der Waals surface area contributed by atoms with Gasteiger partial charge >= 0.3 is 5.97 Å². The summed E-state index contributed by atoms with van der Waals surface area (Å²) in [6.07, 6.45) is 1.24. The van der Waals surface area contributed by atoms with Crippen molar-refractivity contribution in [3.05, 3.63) is 0 Å². The number of hydrogen-bond donors (Lipinski definition) is 5. The molecule has 0 aromatic rings. The molecule has 2 unspecified atom stereocenters. The lowest BCUT2D eigenvalue weighted by Crippen LogP contribution is -2.62. The minimum absolute atomic E-state index is 0.110. The van der Waals surface area contributed by atoms with Crippen LogP contribution in [0.2, 0.25) is 0 Å². The molecule has 2 atom stereocenters. The van der Waals surface area contributed by atoms with Gasteiger partial charge in [-0.2, -0.15) is 0 Å². The third-order valence-corrected chi connectivity index (χ3v) is 3.98. The summed E-state index contributed by atoms with van der Waals surface area (Å²) in [5.41, 5.74) is 4.18. The van der Waals surface area contributed by atoms with Crippen LogP contribution in [0.5, 0.6) is 0 Å². The normalized spacial score (nSPS) is 14.6. The molecule has 0 heterocycles. The van der Waals surface area contributed by atoms with E-state index >= 15 is 0 Å². The highest BCUT2D eigenvalue weighted by atomic mass is 16.4. The minimum atomic E-state index is -1.01. The number of likely N-dealkylation sites (N-methyl/N-ethyl adjacent to an activating group) is 1. The number of carbonyl (C=O) groups is 3. The third-order valence-electron chi connectivity index (χ3n) is 3.98. The smallest absolute Gasteiger partial charge is 0.303 e. The fourth-order valence-electron chi connectivity index (χ4n) is 2.77. The number of Topliss-reactive ketones (excluding diaryl/α,β-unsaturated/α-hetero) is 1. The number of rotatable bonds is 12. The van der Waals surface area contributed by atoms with E-state index in [1.54, 1.807) is 20.9 Å². The van der Waals surface area contributed by atoms with E-state index in [1.165, 1.54) is 0 Å². The first-order valence-corrected chi connectivity index (χ1v) is 9.07. The molecule has 0 spiro atoms. The fraction of sp³-hybridized carbons (Fsp3) is 0.833. The van der Waals surface area contributed by atoms with Crippen molar-refractivity contribution in [3.63, 3.8) is 0 Å². The van der Waals surface area contributed by atoms with Crippen LogP contribution in [-0.2, 0) is 14.4 Å². The summed E-state index contributed by atoms with van der Waals surface area (Å²) in [7, 11) is 1.55. The van der Waals surface area contributed by atoms with E-state index in [2.05, 4.69) is 16.0 Å². The highest BCUT2D eigenvalue weighted by Crippen LogP contribution is 2.16. The summed E-state index contributed by atoms with van der Waals surface area (Å²) in [5, 5.41) is 17.9. The van der Waals surface area contributed by atoms with E-state index in [1.807, 2.05) is 20.8 Å². The SMILES string of the molecule is CNC(=O)C(CCCN)NC(C)(C)C(=O)C(CCC(=O)O)NC(C)(C)C. The second-order valence-corrected chi connectivity index (χ2v) is 8.11. The molecule has 8 nitrogen and oxygen atoms in total. The Kier molecular flexibility index (Phi) is 9.98. The van der Waals surface area contributed by atoms with Gasteiger partial charge in [0.25, 0.3) is 0 Å². The Morgan fingerprint density at radius 2 is 1.58 bits per heavy atom. The molecule has 0 bridgehead atoms. The van der Waals surface area contributed by atoms with Crippen molar-refractivity contribution < 1.29 is 19.5 Å². The zero-order valence-corrected chi connectivity index (χ0v) is 16.9. The molecule has 0 aliphatic heterocycles. The maximum absolute atomic E-state index is 13.1. The van der Waals surface area contributed by atoms with E-state index in [0.717, 1.165) is 0 Å². The molecule has 1 amide bonds. The number of hydrogen-bond acceptors (Lipinski definition) is 6. The zero-order valence-electron chi connectivity index (χ0n) is 16.9. The van der Waals surface area contributed by atoms with E-state index in [-0.39, 0.29) is 30.1 Å². The van der Waals surface area contributed by atoms with Gasteiger partial charge in [0.1, 0.15) is 0 Å². The van der Waals surface area contributed by atoms with Crippen molar-refractivity contribution in [1.82, 2.24) is 16.0 Å². The highest BCUT2D eigenvalue weighted by molar-refractivity contribution is 5.93. The van der Waals surface area contributed by atoms with E-state index < -0.39 is 23.6 Å². The quantitative estimate of drug-likeness (QED) is 0.335. The van der Waals surface area contributed by atoms with Gasteiger partial charge in [-0.05, 0) is 60.4 Å². The van der Waals surface area contributed by atoms with Gasteiger partial charge in [-0.3, -0.25) is 19.7 Å². The summed E-state index contributed by atoms with van der Waals surface area (Å²) < 4.78 is 0. The Hall–Kier alpha value is -1.51. The number of aliphatic carboxylic acids is 1. The van der Waals surface area contributed by atoms with Crippen LogP contribution in [0.4, 0.5) is 0 Å². The van der Waals surface area contributed by atoms with Crippen LogP contribution in [0, 0.1) is 0 Å². The first kappa shape index (κ1) is 24.5. The number of nitrogens with two attached hydrogens (primary N) is 1. The Bertz CT molecular complexity index is 486. The van der Waals surface area contributed by atoms with Gasteiger partial charge in [-0.25, -0.2) is 0 Å². The number of carboxylic acid groups (broad SMARTS) is 1. The molecule has 0 aromatic carbocycles. The van der Waals surface area contributed by atoms with Crippen molar-refractivity contribution in [3.8, 4) is 0 Å². The largest absolute Gasteiger partial charge is 0.481 e. The first-order chi connectivity index (χ1) is 11.8. The maximum Gasteiger partial charge on any atom is 0.303 e. The van der Waals surface area contributed by atoms with Gasteiger partial charge in [-0.1, -0.05) is 0 Å². The van der Waals surface area contributed by atoms with Gasteiger partial charge in [0.05, 0.1) is 17.6 Å². The van der Waals surface area contributed by atoms with Gasteiger partial charge in [0.2, 0.25) is 5.91 Å². The predicted octanol–water partition coefficient (Wildman–Crippen LogP) is 0.399. The van der Waals surface area contributed by atoms with Crippen LogP contribution in [0.3, 0.4) is 0 Å². The van der Waals surface area contributed by atoms with Crippen molar-refractivity contribution in [2.75, 3.05) is 13.6 Å². The molecule has 6 N–H and O–H groups in total. The molecular formula is C18H36N4O4. The third kappa shape index (κ3) is 9.26. The minimum Gasteiger partial charge on any atom is -0.481 e. The predicted molar refractivity (Wildman–Crippen MR) is 102 cm³/mol. The van der Waals surface area contributed by atoms with E-state index in [0.29, 0.717) is 19.4 Å². The molecule has 0 rings (SSSR count).